The first-order valence-electron chi connectivity index (χ1n) is 5.29. The van der Waals surface area contributed by atoms with Gasteiger partial charge in [-0.3, -0.25) is 0 Å². The van der Waals surface area contributed by atoms with Crippen molar-refractivity contribution in [3.05, 3.63) is 29.8 Å². The van der Waals surface area contributed by atoms with Crippen LogP contribution in [0.5, 0.6) is 0 Å². The minimum Gasteiger partial charge on any atom is -0.304 e. The van der Waals surface area contributed by atoms with Crippen molar-refractivity contribution in [3.63, 3.8) is 0 Å². The van der Waals surface area contributed by atoms with Gasteiger partial charge in [0.05, 0.1) is 16.8 Å². The molecule has 1 aromatic rings. The van der Waals surface area contributed by atoms with E-state index in [1.807, 2.05) is 12.1 Å². The van der Waals surface area contributed by atoms with Gasteiger partial charge in [0.15, 0.2) is 9.84 Å². The Morgan fingerprint density at radius 1 is 1.31 bits per heavy atom. The lowest BCUT2D eigenvalue weighted by Gasteiger charge is -2.09. The molecule has 0 bridgehead atoms. The molecule has 0 amide bonds. The van der Waals surface area contributed by atoms with Crippen LogP contribution in [0, 0.1) is 0 Å². The summed E-state index contributed by atoms with van der Waals surface area (Å²) in [4.78, 5) is 4.93. The fourth-order valence-electron chi connectivity index (χ4n) is 1.71. The molecule has 0 heterocycles. The molecule has 0 radical (unpaired) electrons. The van der Waals surface area contributed by atoms with Crippen LogP contribution in [-0.2, 0) is 21.1 Å². The van der Waals surface area contributed by atoms with Crippen LogP contribution in [0.2, 0.25) is 0 Å². The molecule has 88 valence electrons. The van der Waals surface area contributed by atoms with Gasteiger partial charge in [-0.2, -0.15) is 0 Å². The lowest BCUT2D eigenvalue weighted by Crippen LogP contribution is -2.12. The molecular formula is C11H15NO3S. The van der Waals surface area contributed by atoms with E-state index in [0.717, 1.165) is 18.4 Å². The molecule has 4 nitrogen and oxygen atoms in total. The maximum Gasteiger partial charge on any atom is 0.181 e. The third-order valence-corrected chi connectivity index (χ3v) is 5.09. The first kappa shape index (κ1) is 11.6. The largest absolute Gasteiger partial charge is 0.304 e. The predicted octanol–water partition coefficient (Wildman–Crippen LogP) is 1.06. The van der Waals surface area contributed by atoms with Gasteiger partial charge in [0.1, 0.15) is 0 Å². The Morgan fingerprint density at radius 3 is 2.62 bits per heavy atom. The number of hydrogen-bond acceptors (Lipinski definition) is 4. The van der Waals surface area contributed by atoms with Crippen molar-refractivity contribution < 1.29 is 13.3 Å². The molecule has 5 heteroatoms. The van der Waals surface area contributed by atoms with Gasteiger partial charge in [-0.25, -0.2) is 14.3 Å². The minimum absolute atomic E-state index is 0.174. The van der Waals surface area contributed by atoms with Crippen molar-refractivity contribution in [1.29, 1.82) is 0 Å². The maximum absolute atomic E-state index is 12.1. The summed E-state index contributed by atoms with van der Waals surface area (Å²) in [5.41, 5.74) is 0.792. The summed E-state index contributed by atoms with van der Waals surface area (Å²) in [5, 5.41) is -0.174. The van der Waals surface area contributed by atoms with Crippen molar-refractivity contribution in [2.24, 2.45) is 5.90 Å². The highest BCUT2D eigenvalue weighted by Crippen LogP contribution is 2.34. The molecule has 2 N–H and O–H groups in total. The molecule has 1 fully saturated rings. The lowest BCUT2D eigenvalue weighted by atomic mass is 10.2. The topological polar surface area (TPSA) is 69.4 Å². The van der Waals surface area contributed by atoms with E-state index in [1.165, 1.54) is 0 Å². The van der Waals surface area contributed by atoms with Gasteiger partial charge < -0.3 is 4.84 Å². The average molecular weight is 241 g/mol. The SMILES string of the molecule is NOCCc1ccccc1S(=O)(=O)C1CC1. The molecule has 0 saturated heterocycles. The lowest BCUT2D eigenvalue weighted by molar-refractivity contribution is 0.141. The van der Waals surface area contributed by atoms with Gasteiger partial charge in [-0.05, 0) is 30.9 Å². The molecule has 1 aliphatic carbocycles. The smallest absolute Gasteiger partial charge is 0.181 e. The average Bonchev–Trinajstić information content (AvgIpc) is 3.10. The molecule has 0 unspecified atom stereocenters. The first-order valence-corrected chi connectivity index (χ1v) is 6.84. The summed E-state index contributed by atoms with van der Waals surface area (Å²) in [6.45, 7) is 0.331. The Balaban J connectivity index is 2.32. The van der Waals surface area contributed by atoms with Crippen LogP contribution in [0.1, 0.15) is 18.4 Å². The zero-order valence-corrected chi connectivity index (χ0v) is 9.74. The molecule has 1 saturated carbocycles. The van der Waals surface area contributed by atoms with Crippen molar-refractivity contribution in [2.75, 3.05) is 6.61 Å². The van der Waals surface area contributed by atoms with E-state index in [0.29, 0.717) is 17.9 Å². The third-order valence-electron chi connectivity index (χ3n) is 2.73. The van der Waals surface area contributed by atoms with E-state index in [-0.39, 0.29) is 5.25 Å². The number of nitrogens with two attached hydrogens (primary N) is 1. The molecule has 1 aromatic carbocycles. The zero-order chi connectivity index (χ0) is 11.6. The van der Waals surface area contributed by atoms with Crippen LogP contribution in [0.3, 0.4) is 0 Å². The van der Waals surface area contributed by atoms with Crippen LogP contribution >= 0.6 is 0 Å². The molecule has 0 aromatic heterocycles. The molecule has 0 spiro atoms. The van der Waals surface area contributed by atoms with Crippen molar-refractivity contribution in [3.8, 4) is 0 Å². The first-order chi connectivity index (χ1) is 7.66. The van der Waals surface area contributed by atoms with Gasteiger partial charge in [0.25, 0.3) is 0 Å². The summed E-state index contributed by atoms with van der Waals surface area (Å²) < 4.78 is 24.2. The number of hydrogen-bond donors (Lipinski definition) is 1. The van der Waals surface area contributed by atoms with Crippen LogP contribution < -0.4 is 5.90 Å². The van der Waals surface area contributed by atoms with Crippen LogP contribution in [0.15, 0.2) is 29.2 Å². The molecular weight excluding hydrogens is 226 g/mol. The normalized spacial score (nSPS) is 16.3. The van der Waals surface area contributed by atoms with E-state index < -0.39 is 9.84 Å². The van der Waals surface area contributed by atoms with Crippen LogP contribution in [-0.4, -0.2) is 20.3 Å². The second kappa shape index (κ2) is 4.53. The molecule has 0 atom stereocenters. The Kier molecular flexibility index (Phi) is 3.28. The predicted molar refractivity (Wildman–Crippen MR) is 60.5 cm³/mol. The highest BCUT2D eigenvalue weighted by atomic mass is 32.2. The number of rotatable bonds is 5. The summed E-state index contributed by atoms with van der Waals surface area (Å²) in [6, 6.07) is 7.06. The highest BCUT2D eigenvalue weighted by Gasteiger charge is 2.37. The second-order valence-electron chi connectivity index (χ2n) is 3.97. The van der Waals surface area contributed by atoms with Crippen LogP contribution in [0.4, 0.5) is 0 Å². The standard InChI is InChI=1S/C11H15NO3S/c12-15-8-7-9-3-1-2-4-11(9)16(13,14)10-5-6-10/h1-4,10H,5-8,12H2. The van der Waals surface area contributed by atoms with Crippen molar-refractivity contribution in [1.82, 2.24) is 0 Å². The fraction of sp³-hybridized carbons (Fsp3) is 0.455. The monoisotopic (exact) mass is 241 g/mol. The Hall–Kier alpha value is -0.910. The Bertz CT molecular complexity index is 466. The third kappa shape index (κ3) is 2.26. The minimum atomic E-state index is -3.12. The summed E-state index contributed by atoms with van der Waals surface area (Å²) in [7, 11) is -3.12. The Labute approximate surface area is 95.3 Å². The second-order valence-corrected chi connectivity index (χ2v) is 6.17. The molecule has 1 aliphatic rings. The summed E-state index contributed by atoms with van der Waals surface area (Å²) in [5.74, 6) is 4.96. The van der Waals surface area contributed by atoms with Crippen molar-refractivity contribution in [2.45, 2.75) is 29.4 Å². The quantitative estimate of drug-likeness (QED) is 0.782. The summed E-state index contributed by atoms with van der Waals surface area (Å²) >= 11 is 0. The van der Waals surface area contributed by atoms with E-state index >= 15 is 0 Å². The number of benzene rings is 1. The Morgan fingerprint density at radius 2 is 2.00 bits per heavy atom. The van der Waals surface area contributed by atoms with E-state index in [4.69, 9.17) is 5.90 Å². The van der Waals surface area contributed by atoms with E-state index in [1.54, 1.807) is 12.1 Å². The zero-order valence-electron chi connectivity index (χ0n) is 8.93. The fourth-order valence-corrected chi connectivity index (χ4v) is 3.63. The summed E-state index contributed by atoms with van der Waals surface area (Å²) in [6.07, 6.45) is 2.09. The van der Waals surface area contributed by atoms with Gasteiger partial charge in [-0.15, -0.1) is 0 Å². The molecule has 16 heavy (non-hydrogen) atoms. The van der Waals surface area contributed by atoms with Crippen molar-refractivity contribution >= 4 is 9.84 Å². The molecule has 2 rings (SSSR count). The van der Waals surface area contributed by atoms with Gasteiger partial charge in [0.2, 0.25) is 0 Å². The van der Waals surface area contributed by atoms with Gasteiger partial charge in [0, 0.05) is 0 Å². The van der Waals surface area contributed by atoms with Crippen LogP contribution in [0.25, 0.3) is 0 Å². The maximum atomic E-state index is 12.1. The van der Waals surface area contributed by atoms with Gasteiger partial charge >= 0.3 is 0 Å². The van der Waals surface area contributed by atoms with E-state index in [2.05, 4.69) is 4.84 Å². The van der Waals surface area contributed by atoms with Gasteiger partial charge in [-0.1, -0.05) is 18.2 Å². The molecule has 0 aliphatic heterocycles. The van der Waals surface area contributed by atoms with E-state index in [9.17, 15) is 8.42 Å². The highest BCUT2D eigenvalue weighted by molar-refractivity contribution is 7.92. The number of sulfone groups is 1.